The summed E-state index contributed by atoms with van der Waals surface area (Å²) >= 11 is 0.816. The molecule has 35 heavy (non-hydrogen) atoms. The van der Waals surface area contributed by atoms with E-state index in [1.807, 2.05) is 0 Å². The lowest BCUT2D eigenvalue weighted by Crippen LogP contribution is -2.44. The van der Waals surface area contributed by atoms with Gasteiger partial charge in [-0.2, -0.15) is 4.37 Å². The molecule has 2 aromatic rings. The van der Waals surface area contributed by atoms with E-state index in [9.17, 15) is 18.4 Å². The highest BCUT2D eigenvalue weighted by molar-refractivity contribution is 7.11. The van der Waals surface area contributed by atoms with Crippen molar-refractivity contribution in [1.29, 1.82) is 0 Å². The number of primary amides is 1. The maximum absolute atomic E-state index is 14.0. The SMILES string of the molecule is CC(Oc1nsc(NC(=O)NCCCCCN2CCN(C)CC2)c1C(N)=O)c1cc(F)ccc1F. The minimum atomic E-state index is -0.946. The van der Waals surface area contributed by atoms with E-state index in [4.69, 9.17) is 10.5 Å². The minimum Gasteiger partial charge on any atom is -0.468 e. The first-order chi connectivity index (χ1) is 16.7. The van der Waals surface area contributed by atoms with Crippen molar-refractivity contribution in [1.82, 2.24) is 19.5 Å². The molecule has 1 aliphatic heterocycles. The van der Waals surface area contributed by atoms with Crippen LogP contribution < -0.4 is 21.1 Å². The molecule has 12 heteroatoms. The lowest BCUT2D eigenvalue weighted by atomic mass is 10.1. The minimum absolute atomic E-state index is 0.0340. The highest BCUT2D eigenvalue weighted by atomic mass is 32.1. The molecule has 1 aromatic carbocycles. The van der Waals surface area contributed by atoms with E-state index in [-0.39, 0.29) is 22.0 Å². The Labute approximate surface area is 207 Å². The molecule has 1 unspecified atom stereocenters. The maximum Gasteiger partial charge on any atom is 0.319 e. The van der Waals surface area contributed by atoms with Crippen molar-refractivity contribution in [3.63, 3.8) is 0 Å². The summed E-state index contributed by atoms with van der Waals surface area (Å²) in [7, 11) is 2.13. The van der Waals surface area contributed by atoms with E-state index in [0.29, 0.717) is 6.54 Å². The molecule has 3 amide bonds. The zero-order valence-corrected chi connectivity index (χ0v) is 20.8. The quantitative estimate of drug-likeness (QED) is 0.400. The second-order valence-electron chi connectivity index (χ2n) is 8.57. The summed E-state index contributed by atoms with van der Waals surface area (Å²) in [6.45, 7) is 7.42. The number of carbonyl (C=O) groups excluding carboxylic acids is 2. The van der Waals surface area contributed by atoms with Gasteiger partial charge in [-0.25, -0.2) is 13.6 Å². The molecule has 0 bridgehead atoms. The molecule has 1 aliphatic rings. The number of aromatic nitrogens is 1. The van der Waals surface area contributed by atoms with Gasteiger partial charge in [0.15, 0.2) is 0 Å². The van der Waals surface area contributed by atoms with Gasteiger partial charge in [-0.1, -0.05) is 6.42 Å². The van der Waals surface area contributed by atoms with Gasteiger partial charge in [-0.05, 0) is 63.1 Å². The zero-order valence-electron chi connectivity index (χ0n) is 20.0. The zero-order chi connectivity index (χ0) is 25.4. The van der Waals surface area contributed by atoms with Gasteiger partial charge < -0.3 is 25.6 Å². The van der Waals surface area contributed by atoms with E-state index in [1.165, 1.54) is 6.92 Å². The van der Waals surface area contributed by atoms with Crippen molar-refractivity contribution in [3.8, 4) is 5.88 Å². The third kappa shape index (κ3) is 7.84. The first-order valence-electron chi connectivity index (χ1n) is 11.6. The van der Waals surface area contributed by atoms with Gasteiger partial charge in [0.1, 0.15) is 28.3 Å². The van der Waals surface area contributed by atoms with Gasteiger partial charge in [0.05, 0.1) is 0 Å². The molecule has 0 saturated carbocycles. The molecule has 0 radical (unpaired) electrons. The number of likely N-dealkylation sites (N-methyl/N-ethyl adjacent to an activating group) is 1. The lowest BCUT2D eigenvalue weighted by molar-refractivity contribution is 0.0994. The predicted octanol–water partition coefficient (Wildman–Crippen LogP) is 3.20. The van der Waals surface area contributed by atoms with E-state index >= 15 is 0 Å². The van der Waals surface area contributed by atoms with Crippen molar-refractivity contribution in [2.75, 3.05) is 51.6 Å². The predicted molar refractivity (Wildman–Crippen MR) is 131 cm³/mol. The number of nitrogens with zero attached hydrogens (tertiary/aromatic N) is 3. The van der Waals surface area contributed by atoms with Crippen LogP contribution in [0.3, 0.4) is 0 Å². The molecular weight excluding hydrogens is 478 g/mol. The van der Waals surface area contributed by atoms with Crippen LogP contribution in [0.15, 0.2) is 18.2 Å². The molecule has 1 atom stereocenters. The molecular formula is C23H32F2N6O3S. The summed E-state index contributed by atoms with van der Waals surface area (Å²) in [4.78, 5) is 29.1. The summed E-state index contributed by atoms with van der Waals surface area (Å²) in [5, 5.41) is 5.44. The fraction of sp³-hybridized carbons (Fsp3) is 0.522. The highest BCUT2D eigenvalue weighted by Gasteiger charge is 2.24. The molecule has 0 spiro atoms. The van der Waals surface area contributed by atoms with Crippen molar-refractivity contribution in [2.45, 2.75) is 32.3 Å². The average molecular weight is 511 g/mol. The Bertz CT molecular complexity index is 1010. The van der Waals surface area contributed by atoms with Crippen molar-refractivity contribution in [3.05, 3.63) is 41.0 Å². The van der Waals surface area contributed by atoms with Crippen molar-refractivity contribution >= 4 is 28.5 Å². The van der Waals surface area contributed by atoms with Gasteiger partial charge in [0.2, 0.25) is 5.88 Å². The first-order valence-corrected chi connectivity index (χ1v) is 12.4. The molecule has 1 saturated heterocycles. The number of unbranched alkanes of at least 4 members (excludes halogenated alkanes) is 2. The molecule has 1 fully saturated rings. The van der Waals surface area contributed by atoms with Crippen LogP contribution in [0.2, 0.25) is 0 Å². The first kappa shape index (κ1) is 26.8. The van der Waals surface area contributed by atoms with E-state index in [2.05, 4.69) is 31.9 Å². The van der Waals surface area contributed by atoms with Gasteiger partial charge in [0, 0.05) is 38.3 Å². The number of urea groups is 1. The molecule has 1 aromatic heterocycles. The van der Waals surface area contributed by atoms with Crippen LogP contribution in [0.4, 0.5) is 18.6 Å². The Hall–Kier alpha value is -2.83. The standard InChI is InChI=1S/C23H32F2N6O3S/c1-15(17-14-16(24)6-7-18(17)25)34-21-19(20(26)32)22(35-29-21)28-23(33)27-8-4-3-5-9-31-12-10-30(2)11-13-31/h6-7,14-15H,3-5,8-13H2,1-2H3,(H2,26,32)(H2,27,28,33). The number of halogens is 2. The van der Waals surface area contributed by atoms with Crippen LogP contribution in [-0.4, -0.2) is 72.4 Å². The number of piperazine rings is 1. The lowest BCUT2D eigenvalue weighted by Gasteiger charge is -2.32. The third-order valence-corrected chi connectivity index (χ3v) is 6.60. The third-order valence-electron chi connectivity index (χ3n) is 5.85. The second-order valence-corrected chi connectivity index (χ2v) is 9.34. The summed E-state index contributed by atoms with van der Waals surface area (Å²) in [6, 6.07) is 2.50. The van der Waals surface area contributed by atoms with E-state index < -0.39 is 29.7 Å². The average Bonchev–Trinajstić information content (AvgIpc) is 3.20. The number of amides is 3. The number of ether oxygens (including phenoxy) is 1. The van der Waals surface area contributed by atoms with Crippen LogP contribution in [0.5, 0.6) is 5.88 Å². The maximum atomic E-state index is 14.0. The van der Waals surface area contributed by atoms with E-state index in [0.717, 1.165) is 81.7 Å². The number of rotatable bonds is 11. The van der Waals surface area contributed by atoms with Gasteiger partial charge in [0.25, 0.3) is 5.91 Å². The number of anilines is 1. The summed E-state index contributed by atoms with van der Waals surface area (Å²) in [5.74, 6) is -2.29. The van der Waals surface area contributed by atoms with Crippen LogP contribution in [0, 0.1) is 11.6 Å². The Morgan fingerprint density at radius 2 is 1.94 bits per heavy atom. The number of hydrogen-bond acceptors (Lipinski definition) is 7. The Balaban J connectivity index is 1.46. The topological polar surface area (TPSA) is 113 Å². The fourth-order valence-electron chi connectivity index (χ4n) is 3.77. The number of benzene rings is 1. The molecule has 0 aliphatic carbocycles. The number of nitrogens with one attached hydrogen (secondary N) is 2. The van der Waals surface area contributed by atoms with Gasteiger partial charge in [-0.3, -0.25) is 10.1 Å². The molecule has 192 valence electrons. The van der Waals surface area contributed by atoms with Crippen molar-refractivity contribution < 1.29 is 23.1 Å². The summed E-state index contributed by atoms with van der Waals surface area (Å²) < 4.78 is 37.2. The van der Waals surface area contributed by atoms with Crippen LogP contribution >= 0.6 is 11.5 Å². The fourth-order valence-corrected chi connectivity index (χ4v) is 4.50. The van der Waals surface area contributed by atoms with E-state index in [1.54, 1.807) is 0 Å². The summed E-state index contributed by atoms with van der Waals surface area (Å²) in [6.07, 6.45) is 1.95. The van der Waals surface area contributed by atoms with Crippen molar-refractivity contribution in [2.24, 2.45) is 5.73 Å². The smallest absolute Gasteiger partial charge is 0.319 e. The molecule has 4 N–H and O–H groups in total. The molecule has 2 heterocycles. The van der Waals surface area contributed by atoms with Crippen LogP contribution in [0.1, 0.15) is 48.2 Å². The number of hydrogen-bond donors (Lipinski definition) is 3. The Morgan fingerprint density at radius 3 is 2.66 bits per heavy atom. The Kier molecular flexibility index (Phi) is 9.75. The molecule has 3 rings (SSSR count). The number of nitrogens with two attached hydrogens (primary N) is 1. The monoisotopic (exact) mass is 510 g/mol. The Morgan fingerprint density at radius 1 is 1.20 bits per heavy atom. The largest absolute Gasteiger partial charge is 0.468 e. The highest BCUT2D eigenvalue weighted by Crippen LogP contribution is 2.33. The van der Waals surface area contributed by atoms with Gasteiger partial charge in [-0.15, -0.1) is 0 Å². The molecule has 9 nitrogen and oxygen atoms in total. The second kappa shape index (κ2) is 12.8. The number of carbonyl (C=O) groups is 2. The van der Waals surface area contributed by atoms with Crippen LogP contribution in [-0.2, 0) is 0 Å². The normalized spacial score (nSPS) is 15.5. The van der Waals surface area contributed by atoms with Gasteiger partial charge >= 0.3 is 6.03 Å². The van der Waals surface area contributed by atoms with Crippen LogP contribution in [0.25, 0.3) is 0 Å². The summed E-state index contributed by atoms with van der Waals surface area (Å²) in [5.41, 5.74) is 5.31.